The van der Waals surface area contributed by atoms with Crippen LogP contribution >= 0.6 is 0 Å². The third kappa shape index (κ3) is 1.30. The predicted molar refractivity (Wildman–Crippen MR) is 48.8 cm³/mol. The third-order valence-corrected chi connectivity index (χ3v) is 1.85. The number of quaternary nitrogens is 1. The van der Waals surface area contributed by atoms with E-state index in [2.05, 4.69) is 0 Å². The smallest absolute Gasteiger partial charge is 0.0994 e. The summed E-state index contributed by atoms with van der Waals surface area (Å²) in [6, 6.07) is 7.92. The van der Waals surface area contributed by atoms with Gasteiger partial charge in [-0.25, -0.2) is 0 Å². The molecule has 1 heterocycles. The Kier molecular flexibility index (Phi) is 1.78. The predicted octanol–water partition coefficient (Wildman–Crippen LogP) is 1.02. The molecule has 0 saturated carbocycles. The molecule has 1 N–H and O–H groups in total. The van der Waals surface area contributed by atoms with Crippen LogP contribution in [0.3, 0.4) is 0 Å². The van der Waals surface area contributed by atoms with Crippen LogP contribution in [-0.4, -0.2) is 0 Å². The van der Waals surface area contributed by atoms with Crippen LogP contribution in [0.5, 0.6) is 0 Å². The minimum absolute atomic E-state index is 0.0474. The molecule has 1 aliphatic heterocycles. The summed E-state index contributed by atoms with van der Waals surface area (Å²) in [5, 5.41) is 11.0. The van der Waals surface area contributed by atoms with Crippen molar-refractivity contribution in [1.29, 1.82) is 0 Å². The van der Waals surface area contributed by atoms with E-state index in [1.165, 1.54) is 0 Å². The van der Waals surface area contributed by atoms with Crippen LogP contribution < -0.4 is 5.06 Å². The standard InChI is InChI=1S/C10H9NO/c12-11-7-5-9-3-1-2-4-10(9)6-8-11/h1-8,11H. The van der Waals surface area contributed by atoms with Crippen molar-refractivity contribution in [2.75, 3.05) is 0 Å². The molecule has 0 spiro atoms. The summed E-state index contributed by atoms with van der Waals surface area (Å²) in [6.07, 6.45) is 6.86. The fourth-order valence-corrected chi connectivity index (χ4v) is 1.21. The Bertz CT molecular complexity index is 308. The molecule has 0 aromatic heterocycles. The van der Waals surface area contributed by atoms with E-state index in [4.69, 9.17) is 0 Å². The summed E-state index contributed by atoms with van der Waals surface area (Å²) in [7, 11) is 0. The van der Waals surface area contributed by atoms with Crippen molar-refractivity contribution < 1.29 is 5.06 Å². The lowest BCUT2D eigenvalue weighted by Gasteiger charge is -2.07. The summed E-state index contributed by atoms with van der Waals surface area (Å²) >= 11 is 0. The van der Waals surface area contributed by atoms with Crippen molar-refractivity contribution in [2.24, 2.45) is 0 Å². The molecule has 0 saturated heterocycles. The van der Waals surface area contributed by atoms with Crippen molar-refractivity contribution >= 4 is 12.2 Å². The summed E-state index contributed by atoms with van der Waals surface area (Å²) in [4.78, 5) is 0. The molecule has 0 atom stereocenters. The van der Waals surface area contributed by atoms with Crippen molar-refractivity contribution in [3.8, 4) is 0 Å². The van der Waals surface area contributed by atoms with E-state index in [0.717, 1.165) is 11.1 Å². The fourth-order valence-electron chi connectivity index (χ4n) is 1.21. The van der Waals surface area contributed by atoms with Gasteiger partial charge in [-0.3, -0.25) is 0 Å². The van der Waals surface area contributed by atoms with Crippen LogP contribution in [0, 0.1) is 5.21 Å². The van der Waals surface area contributed by atoms with Gasteiger partial charge in [0.1, 0.15) is 0 Å². The topological polar surface area (TPSA) is 27.5 Å². The van der Waals surface area contributed by atoms with Gasteiger partial charge < -0.3 is 10.3 Å². The summed E-state index contributed by atoms with van der Waals surface area (Å²) < 4.78 is 0. The van der Waals surface area contributed by atoms with Gasteiger partial charge >= 0.3 is 0 Å². The molecular weight excluding hydrogens is 150 g/mol. The molecule has 0 unspecified atom stereocenters. The van der Waals surface area contributed by atoms with Crippen LogP contribution in [0.4, 0.5) is 0 Å². The Labute approximate surface area is 71.0 Å². The molecule has 2 rings (SSSR count). The lowest BCUT2D eigenvalue weighted by Crippen LogP contribution is -2.96. The number of benzene rings is 1. The second-order valence-corrected chi connectivity index (χ2v) is 2.70. The molecule has 1 aromatic rings. The maximum atomic E-state index is 11.0. The summed E-state index contributed by atoms with van der Waals surface area (Å²) in [5.41, 5.74) is 2.19. The molecule has 0 amide bonds. The van der Waals surface area contributed by atoms with E-state index >= 15 is 0 Å². The lowest BCUT2D eigenvalue weighted by atomic mass is 10.1. The number of hydrogen-bond donors (Lipinski definition) is 1. The maximum Gasteiger partial charge on any atom is 0.0994 e. The Balaban J connectivity index is 2.52. The normalized spacial score (nSPS) is 15.8. The highest BCUT2D eigenvalue weighted by atomic mass is 16.5. The van der Waals surface area contributed by atoms with E-state index in [1.54, 1.807) is 12.4 Å². The number of hydrogen-bond acceptors (Lipinski definition) is 1. The Morgan fingerprint density at radius 1 is 0.917 bits per heavy atom. The number of hydroxylamine groups is 2. The molecule has 1 aliphatic rings. The average molecular weight is 159 g/mol. The van der Waals surface area contributed by atoms with E-state index < -0.39 is 0 Å². The first kappa shape index (κ1) is 7.28. The molecule has 60 valence electrons. The van der Waals surface area contributed by atoms with E-state index in [0.29, 0.717) is 0 Å². The fraction of sp³-hybridized carbons (Fsp3) is 0. The highest BCUT2D eigenvalue weighted by Crippen LogP contribution is 2.12. The second kappa shape index (κ2) is 2.93. The SMILES string of the molecule is [O-][NH+]1C=Cc2ccccc2C=C1. The number of rotatable bonds is 0. The summed E-state index contributed by atoms with van der Waals surface area (Å²) in [5.74, 6) is 0. The van der Waals surface area contributed by atoms with Crippen LogP contribution in [-0.2, 0) is 0 Å². The van der Waals surface area contributed by atoms with Gasteiger partial charge in [-0.2, -0.15) is 0 Å². The minimum Gasteiger partial charge on any atom is -0.624 e. The first-order chi connectivity index (χ1) is 5.86. The first-order valence-electron chi connectivity index (χ1n) is 3.85. The van der Waals surface area contributed by atoms with Crippen LogP contribution in [0.15, 0.2) is 36.7 Å². The Hall–Kier alpha value is -1.38. The molecule has 0 radical (unpaired) electrons. The highest BCUT2D eigenvalue weighted by molar-refractivity contribution is 5.65. The number of nitrogens with one attached hydrogen (secondary N) is 1. The monoisotopic (exact) mass is 159 g/mol. The molecule has 0 fully saturated rings. The molecule has 2 nitrogen and oxygen atoms in total. The first-order valence-corrected chi connectivity index (χ1v) is 3.85. The Morgan fingerprint density at radius 3 is 1.92 bits per heavy atom. The van der Waals surface area contributed by atoms with Gasteiger partial charge in [0, 0.05) is 0 Å². The van der Waals surface area contributed by atoms with Gasteiger partial charge in [-0.15, -0.1) is 0 Å². The molecule has 1 aromatic carbocycles. The van der Waals surface area contributed by atoms with E-state index in [1.807, 2.05) is 36.4 Å². The summed E-state index contributed by atoms with van der Waals surface area (Å²) in [6.45, 7) is 0. The Morgan fingerprint density at radius 2 is 1.42 bits per heavy atom. The van der Waals surface area contributed by atoms with Crippen LogP contribution in [0.25, 0.3) is 12.2 Å². The van der Waals surface area contributed by atoms with Gasteiger partial charge in [-0.1, -0.05) is 24.3 Å². The quantitative estimate of drug-likeness (QED) is 0.562. The van der Waals surface area contributed by atoms with Gasteiger partial charge in [0.2, 0.25) is 0 Å². The zero-order valence-corrected chi connectivity index (χ0v) is 6.53. The largest absolute Gasteiger partial charge is 0.624 e. The molecule has 2 heteroatoms. The number of fused-ring (bicyclic) bond motifs is 1. The minimum atomic E-state index is 0.0474. The van der Waals surface area contributed by atoms with Gasteiger partial charge in [0.05, 0.1) is 12.4 Å². The third-order valence-electron chi connectivity index (χ3n) is 1.85. The second-order valence-electron chi connectivity index (χ2n) is 2.70. The van der Waals surface area contributed by atoms with Gasteiger partial charge in [0.15, 0.2) is 0 Å². The lowest BCUT2D eigenvalue weighted by molar-refractivity contribution is -0.727. The molecule has 12 heavy (non-hydrogen) atoms. The van der Waals surface area contributed by atoms with Crippen molar-refractivity contribution in [3.63, 3.8) is 0 Å². The van der Waals surface area contributed by atoms with E-state index in [9.17, 15) is 5.21 Å². The molecular formula is C10H9NO. The molecule has 0 bridgehead atoms. The van der Waals surface area contributed by atoms with E-state index in [-0.39, 0.29) is 5.06 Å². The maximum absolute atomic E-state index is 11.0. The van der Waals surface area contributed by atoms with Gasteiger partial charge in [0.25, 0.3) is 0 Å². The van der Waals surface area contributed by atoms with Crippen molar-refractivity contribution in [2.45, 2.75) is 0 Å². The average Bonchev–Trinajstić information content (AvgIpc) is 2.29. The van der Waals surface area contributed by atoms with Crippen molar-refractivity contribution in [1.82, 2.24) is 0 Å². The zero-order valence-electron chi connectivity index (χ0n) is 6.53. The van der Waals surface area contributed by atoms with Crippen LogP contribution in [0.1, 0.15) is 11.1 Å². The van der Waals surface area contributed by atoms with Crippen LogP contribution in [0.2, 0.25) is 0 Å². The zero-order chi connectivity index (χ0) is 8.39. The molecule has 0 aliphatic carbocycles. The highest BCUT2D eigenvalue weighted by Gasteiger charge is 1.99. The van der Waals surface area contributed by atoms with Gasteiger partial charge in [-0.05, 0) is 23.3 Å². The van der Waals surface area contributed by atoms with Crippen molar-refractivity contribution in [3.05, 3.63) is 53.0 Å².